The van der Waals surface area contributed by atoms with Gasteiger partial charge in [0.1, 0.15) is 0 Å². The lowest BCUT2D eigenvalue weighted by atomic mass is 9.85. The van der Waals surface area contributed by atoms with E-state index in [1.807, 2.05) is 7.05 Å². The van der Waals surface area contributed by atoms with Crippen molar-refractivity contribution in [3.63, 3.8) is 0 Å². The van der Waals surface area contributed by atoms with Gasteiger partial charge in [0.05, 0.1) is 6.61 Å². The van der Waals surface area contributed by atoms with Gasteiger partial charge in [-0.1, -0.05) is 6.92 Å². The van der Waals surface area contributed by atoms with Gasteiger partial charge in [0.25, 0.3) is 0 Å². The molecule has 10 heavy (non-hydrogen) atoms. The van der Waals surface area contributed by atoms with E-state index >= 15 is 0 Å². The van der Waals surface area contributed by atoms with Crippen molar-refractivity contribution < 1.29 is 5.11 Å². The summed E-state index contributed by atoms with van der Waals surface area (Å²) in [6.07, 6.45) is 2.48. The molecule has 0 aromatic heterocycles. The van der Waals surface area contributed by atoms with Crippen LogP contribution in [-0.4, -0.2) is 24.3 Å². The van der Waals surface area contributed by atoms with E-state index in [0.717, 1.165) is 0 Å². The first-order chi connectivity index (χ1) is 4.58. The summed E-state index contributed by atoms with van der Waals surface area (Å²) in [7, 11) is 1.92. The van der Waals surface area contributed by atoms with E-state index < -0.39 is 0 Å². The van der Waals surface area contributed by atoms with E-state index in [2.05, 4.69) is 19.2 Å². The van der Waals surface area contributed by atoms with Crippen molar-refractivity contribution in [3.05, 3.63) is 0 Å². The number of nitrogens with one attached hydrogen (secondary N) is 1. The molecule has 0 aromatic rings. The van der Waals surface area contributed by atoms with Crippen LogP contribution >= 0.6 is 0 Å². The zero-order valence-corrected chi connectivity index (χ0v) is 7.07. The molecule has 0 radical (unpaired) electrons. The number of hydrogen-bond acceptors (Lipinski definition) is 2. The van der Waals surface area contributed by atoms with Crippen molar-refractivity contribution >= 4 is 0 Å². The van der Waals surface area contributed by atoms with Gasteiger partial charge in [0.15, 0.2) is 0 Å². The van der Waals surface area contributed by atoms with Crippen molar-refractivity contribution in [2.24, 2.45) is 5.41 Å². The SMILES string of the molecule is CNC(C)(CO)C1(C)CC1. The lowest BCUT2D eigenvalue weighted by Crippen LogP contribution is -2.50. The molecule has 0 aromatic carbocycles. The number of aliphatic hydroxyl groups is 1. The molecular formula is C8H17NO. The number of aliphatic hydroxyl groups excluding tert-OH is 1. The van der Waals surface area contributed by atoms with Crippen LogP contribution in [-0.2, 0) is 0 Å². The monoisotopic (exact) mass is 143 g/mol. The quantitative estimate of drug-likeness (QED) is 0.611. The van der Waals surface area contributed by atoms with Crippen LogP contribution in [0.15, 0.2) is 0 Å². The highest BCUT2D eigenvalue weighted by Gasteiger charge is 2.51. The van der Waals surface area contributed by atoms with Crippen LogP contribution in [0.5, 0.6) is 0 Å². The second kappa shape index (κ2) is 2.21. The van der Waals surface area contributed by atoms with Crippen molar-refractivity contribution in [3.8, 4) is 0 Å². The molecule has 1 aliphatic carbocycles. The molecule has 1 aliphatic rings. The van der Waals surface area contributed by atoms with Crippen LogP contribution < -0.4 is 5.32 Å². The molecule has 0 aliphatic heterocycles. The molecule has 60 valence electrons. The maximum atomic E-state index is 9.10. The molecular weight excluding hydrogens is 126 g/mol. The van der Waals surface area contributed by atoms with Crippen LogP contribution in [0.1, 0.15) is 26.7 Å². The Morgan fingerprint density at radius 1 is 1.60 bits per heavy atom. The third-order valence-electron chi connectivity index (χ3n) is 3.20. The Bertz CT molecular complexity index is 125. The van der Waals surface area contributed by atoms with Crippen molar-refractivity contribution in [1.29, 1.82) is 0 Å². The molecule has 1 rings (SSSR count). The molecule has 2 heteroatoms. The zero-order chi connectivity index (χ0) is 7.83. The standard InChI is InChI=1S/C8H17NO/c1-7(4-5-7)8(2,6-10)9-3/h9-10H,4-6H2,1-3H3. The molecule has 0 saturated heterocycles. The summed E-state index contributed by atoms with van der Waals surface area (Å²) < 4.78 is 0. The summed E-state index contributed by atoms with van der Waals surface area (Å²) in [6, 6.07) is 0. The zero-order valence-electron chi connectivity index (χ0n) is 7.07. The van der Waals surface area contributed by atoms with Gasteiger partial charge in [-0.15, -0.1) is 0 Å². The first-order valence-corrected chi connectivity index (χ1v) is 3.88. The maximum Gasteiger partial charge on any atom is 0.0615 e. The molecule has 0 spiro atoms. The van der Waals surface area contributed by atoms with E-state index in [1.165, 1.54) is 12.8 Å². The van der Waals surface area contributed by atoms with Gasteiger partial charge in [-0.05, 0) is 32.2 Å². The smallest absolute Gasteiger partial charge is 0.0615 e. The fourth-order valence-electron chi connectivity index (χ4n) is 1.31. The van der Waals surface area contributed by atoms with Gasteiger partial charge >= 0.3 is 0 Å². The summed E-state index contributed by atoms with van der Waals surface area (Å²) in [5.41, 5.74) is 0.281. The largest absolute Gasteiger partial charge is 0.394 e. The first-order valence-electron chi connectivity index (χ1n) is 3.88. The number of likely N-dealkylation sites (N-methyl/N-ethyl adjacent to an activating group) is 1. The molecule has 1 unspecified atom stereocenters. The molecule has 0 bridgehead atoms. The molecule has 1 fully saturated rings. The summed E-state index contributed by atoms with van der Waals surface area (Å²) >= 11 is 0. The topological polar surface area (TPSA) is 32.3 Å². The third kappa shape index (κ3) is 0.956. The van der Waals surface area contributed by atoms with Gasteiger partial charge in [0, 0.05) is 5.54 Å². The molecule has 0 amide bonds. The molecule has 0 heterocycles. The summed E-state index contributed by atoms with van der Waals surface area (Å²) in [4.78, 5) is 0. The maximum absolute atomic E-state index is 9.10. The van der Waals surface area contributed by atoms with Gasteiger partial charge in [-0.2, -0.15) is 0 Å². The van der Waals surface area contributed by atoms with Crippen LogP contribution in [0.2, 0.25) is 0 Å². The van der Waals surface area contributed by atoms with E-state index in [9.17, 15) is 0 Å². The summed E-state index contributed by atoms with van der Waals surface area (Å²) in [5.74, 6) is 0. The summed E-state index contributed by atoms with van der Waals surface area (Å²) in [6.45, 7) is 4.54. The van der Waals surface area contributed by atoms with Crippen LogP contribution in [0.4, 0.5) is 0 Å². The van der Waals surface area contributed by atoms with Crippen molar-refractivity contribution in [2.75, 3.05) is 13.7 Å². The Morgan fingerprint density at radius 3 is 2.20 bits per heavy atom. The van der Waals surface area contributed by atoms with E-state index in [4.69, 9.17) is 5.11 Å². The van der Waals surface area contributed by atoms with Crippen LogP contribution in [0.25, 0.3) is 0 Å². The Labute approximate surface area is 62.6 Å². The highest BCUT2D eigenvalue weighted by atomic mass is 16.3. The predicted octanol–water partition coefficient (Wildman–Crippen LogP) is 0.757. The lowest BCUT2D eigenvalue weighted by Gasteiger charge is -2.33. The fourth-order valence-corrected chi connectivity index (χ4v) is 1.31. The minimum absolute atomic E-state index is 0.0625. The Morgan fingerprint density at radius 2 is 2.10 bits per heavy atom. The minimum Gasteiger partial charge on any atom is -0.394 e. The summed E-state index contributed by atoms with van der Waals surface area (Å²) in [5, 5.41) is 12.3. The normalized spacial score (nSPS) is 27.6. The predicted molar refractivity (Wildman–Crippen MR) is 41.9 cm³/mol. The average molecular weight is 143 g/mol. The molecule has 2 nitrogen and oxygen atoms in total. The molecule has 1 atom stereocenters. The van der Waals surface area contributed by atoms with Crippen LogP contribution in [0.3, 0.4) is 0 Å². The lowest BCUT2D eigenvalue weighted by molar-refractivity contribution is 0.121. The fraction of sp³-hybridized carbons (Fsp3) is 1.00. The Kier molecular flexibility index (Phi) is 1.77. The molecule has 2 N–H and O–H groups in total. The number of rotatable bonds is 3. The third-order valence-corrected chi connectivity index (χ3v) is 3.20. The first kappa shape index (κ1) is 8.02. The molecule has 1 saturated carbocycles. The second-order valence-corrected chi connectivity index (χ2v) is 3.80. The second-order valence-electron chi connectivity index (χ2n) is 3.80. The highest BCUT2D eigenvalue weighted by Crippen LogP contribution is 2.53. The highest BCUT2D eigenvalue weighted by molar-refractivity contribution is 5.07. The average Bonchev–Trinajstić information content (AvgIpc) is 2.68. The van der Waals surface area contributed by atoms with Gasteiger partial charge in [-0.25, -0.2) is 0 Å². The van der Waals surface area contributed by atoms with Gasteiger partial charge in [-0.3, -0.25) is 0 Å². The van der Waals surface area contributed by atoms with Gasteiger partial charge < -0.3 is 10.4 Å². The van der Waals surface area contributed by atoms with Crippen molar-refractivity contribution in [2.45, 2.75) is 32.2 Å². The van der Waals surface area contributed by atoms with E-state index in [-0.39, 0.29) is 12.1 Å². The number of hydrogen-bond donors (Lipinski definition) is 2. The Hall–Kier alpha value is -0.0800. The van der Waals surface area contributed by atoms with Crippen molar-refractivity contribution in [1.82, 2.24) is 5.32 Å². The minimum atomic E-state index is -0.0625. The Balaban J connectivity index is 2.63. The van der Waals surface area contributed by atoms with Crippen LogP contribution in [0, 0.1) is 5.41 Å². The van der Waals surface area contributed by atoms with E-state index in [0.29, 0.717) is 5.41 Å². The van der Waals surface area contributed by atoms with E-state index in [1.54, 1.807) is 0 Å². The van der Waals surface area contributed by atoms with Gasteiger partial charge in [0.2, 0.25) is 0 Å².